The van der Waals surface area contributed by atoms with Gasteiger partial charge in [0.1, 0.15) is 18.3 Å². The number of hydrogen-bond donors (Lipinski definition) is 1. The lowest BCUT2D eigenvalue weighted by Crippen LogP contribution is -1.97. The highest BCUT2D eigenvalue weighted by molar-refractivity contribution is 9.10. The van der Waals surface area contributed by atoms with E-state index in [4.69, 9.17) is 4.42 Å². The lowest BCUT2D eigenvalue weighted by atomic mass is 10.4. The molecular formula is C8H7BrN2O2. The van der Waals surface area contributed by atoms with E-state index < -0.39 is 0 Å². The number of halogens is 1. The molecule has 5 heteroatoms. The Morgan fingerprint density at radius 1 is 1.54 bits per heavy atom. The molecule has 0 aliphatic carbocycles. The smallest absolute Gasteiger partial charge is 0.169 e. The van der Waals surface area contributed by atoms with Gasteiger partial charge in [-0.15, -0.1) is 0 Å². The summed E-state index contributed by atoms with van der Waals surface area (Å²) in [4.78, 5) is 0. The van der Waals surface area contributed by atoms with E-state index in [1.54, 1.807) is 12.3 Å². The van der Waals surface area contributed by atoms with Gasteiger partial charge in [-0.2, -0.15) is 0 Å². The second-order valence-corrected chi connectivity index (χ2v) is 3.39. The molecule has 0 aliphatic rings. The number of nitrogens with zero attached hydrogens (tertiary/aromatic N) is 1. The summed E-state index contributed by atoms with van der Waals surface area (Å²) in [6.45, 7) is 0.595. The third-order valence-electron chi connectivity index (χ3n) is 1.50. The normalized spacial score (nSPS) is 10.2. The predicted octanol–water partition coefficient (Wildman–Crippen LogP) is 2.64. The van der Waals surface area contributed by atoms with Gasteiger partial charge in [0.25, 0.3) is 0 Å². The van der Waals surface area contributed by atoms with Gasteiger partial charge in [0.2, 0.25) is 0 Å². The molecule has 2 aromatic rings. The van der Waals surface area contributed by atoms with E-state index in [-0.39, 0.29) is 0 Å². The van der Waals surface area contributed by atoms with Crippen LogP contribution in [-0.4, -0.2) is 5.16 Å². The first-order valence-electron chi connectivity index (χ1n) is 3.72. The minimum absolute atomic E-state index is 0.595. The van der Waals surface area contributed by atoms with E-state index in [1.807, 2.05) is 6.07 Å². The second kappa shape index (κ2) is 3.66. The Labute approximate surface area is 83.0 Å². The zero-order valence-electron chi connectivity index (χ0n) is 6.66. The number of nitrogens with one attached hydrogen (secondary N) is 1. The molecule has 0 atom stereocenters. The van der Waals surface area contributed by atoms with Crippen LogP contribution in [0.1, 0.15) is 5.76 Å². The van der Waals surface area contributed by atoms with Crippen LogP contribution in [0.3, 0.4) is 0 Å². The molecule has 0 radical (unpaired) electrons. The molecule has 0 spiro atoms. The fourth-order valence-electron chi connectivity index (χ4n) is 0.928. The van der Waals surface area contributed by atoms with Crippen molar-refractivity contribution in [3.63, 3.8) is 0 Å². The molecule has 2 rings (SSSR count). The molecule has 0 fully saturated rings. The van der Waals surface area contributed by atoms with Crippen LogP contribution in [0.15, 0.2) is 38.1 Å². The van der Waals surface area contributed by atoms with Crippen molar-refractivity contribution in [1.29, 1.82) is 0 Å². The molecule has 4 nitrogen and oxygen atoms in total. The van der Waals surface area contributed by atoms with Gasteiger partial charge in [0.15, 0.2) is 5.82 Å². The quantitative estimate of drug-likeness (QED) is 0.900. The van der Waals surface area contributed by atoms with Crippen LogP contribution in [0.4, 0.5) is 5.82 Å². The highest BCUT2D eigenvalue weighted by Crippen LogP contribution is 2.14. The van der Waals surface area contributed by atoms with Crippen LogP contribution in [0.25, 0.3) is 0 Å². The van der Waals surface area contributed by atoms with Crippen molar-refractivity contribution in [1.82, 2.24) is 5.16 Å². The first-order chi connectivity index (χ1) is 6.34. The van der Waals surface area contributed by atoms with Crippen LogP contribution in [0.2, 0.25) is 0 Å². The van der Waals surface area contributed by atoms with Crippen LogP contribution in [-0.2, 0) is 6.54 Å². The Morgan fingerprint density at radius 3 is 3.08 bits per heavy atom. The SMILES string of the molecule is Brc1coc(CNc2ccon2)c1. The third kappa shape index (κ3) is 2.12. The fourth-order valence-corrected chi connectivity index (χ4v) is 1.28. The minimum Gasteiger partial charge on any atom is -0.466 e. The zero-order valence-corrected chi connectivity index (χ0v) is 8.24. The van der Waals surface area contributed by atoms with E-state index in [9.17, 15) is 0 Å². The molecule has 0 saturated heterocycles. The molecule has 1 N–H and O–H groups in total. The molecule has 13 heavy (non-hydrogen) atoms. The third-order valence-corrected chi connectivity index (χ3v) is 1.92. The van der Waals surface area contributed by atoms with Crippen LogP contribution < -0.4 is 5.32 Å². The monoisotopic (exact) mass is 242 g/mol. The summed E-state index contributed by atoms with van der Waals surface area (Å²) in [5, 5.41) is 6.73. The maximum Gasteiger partial charge on any atom is 0.169 e. The summed E-state index contributed by atoms with van der Waals surface area (Å²) < 4.78 is 10.8. The molecule has 0 amide bonds. The average molecular weight is 243 g/mol. The summed E-state index contributed by atoms with van der Waals surface area (Å²) in [5.41, 5.74) is 0. The first kappa shape index (κ1) is 8.37. The van der Waals surface area contributed by atoms with Gasteiger partial charge in [-0.3, -0.25) is 0 Å². The Kier molecular flexibility index (Phi) is 2.35. The average Bonchev–Trinajstić information content (AvgIpc) is 2.71. The summed E-state index contributed by atoms with van der Waals surface area (Å²) in [7, 11) is 0. The highest BCUT2D eigenvalue weighted by atomic mass is 79.9. The predicted molar refractivity (Wildman–Crippen MR) is 50.2 cm³/mol. The molecule has 2 aromatic heterocycles. The Bertz CT molecular complexity index is 369. The molecule has 0 bridgehead atoms. The maximum atomic E-state index is 5.19. The van der Waals surface area contributed by atoms with E-state index in [0.717, 1.165) is 10.2 Å². The van der Waals surface area contributed by atoms with E-state index in [2.05, 4.69) is 30.9 Å². The number of aromatic nitrogens is 1. The molecule has 68 valence electrons. The molecule has 0 aliphatic heterocycles. The summed E-state index contributed by atoms with van der Waals surface area (Å²) in [6.07, 6.45) is 3.15. The van der Waals surface area contributed by atoms with Gasteiger partial charge < -0.3 is 14.3 Å². The van der Waals surface area contributed by atoms with Crippen molar-refractivity contribution in [3.8, 4) is 0 Å². The van der Waals surface area contributed by atoms with E-state index in [1.165, 1.54) is 6.26 Å². The van der Waals surface area contributed by atoms with Gasteiger partial charge in [-0.1, -0.05) is 5.16 Å². The number of furan rings is 1. The maximum absolute atomic E-state index is 5.19. The van der Waals surface area contributed by atoms with E-state index in [0.29, 0.717) is 12.4 Å². The standard InChI is InChI=1S/C8H7BrN2O2/c9-6-3-7(12-5-6)4-10-8-1-2-13-11-8/h1-3,5H,4H2,(H,10,11). The summed E-state index contributed by atoms with van der Waals surface area (Å²) >= 11 is 3.30. The van der Waals surface area contributed by atoms with Crippen molar-refractivity contribution in [2.45, 2.75) is 6.54 Å². The largest absolute Gasteiger partial charge is 0.466 e. The van der Waals surface area contributed by atoms with Gasteiger partial charge in [-0.25, -0.2) is 0 Å². The minimum atomic E-state index is 0.595. The van der Waals surface area contributed by atoms with Gasteiger partial charge in [0, 0.05) is 6.07 Å². The fraction of sp³-hybridized carbons (Fsp3) is 0.125. The molecular weight excluding hydrogens is 236 g/mol. The highest BCUT2D eigenvalue weighted by Gasteiger charge is 2.00. The van der Waals surface area contributed by atoms with Crippen molar-refractivity contribution in [2.24, 2.45) is 0 Å². The Hall–Kier alpha value is -1.23. The lowest BCUT2D eigenvalue weighted by Gasteiger charge is -1.96. The zero-order chi connectivity index (χ0) is 9.10. The number of hydrogen-bond acceptors (Lipinski definition) is 4. The van der Waals surface area contributed by atoms with Gasteiger partial charge >= 0.3 is 0 Å². The summed E-state index contributed by atoms with van der Waals surface area (Å²) in [5.74, 6) is 1.54. The van der Waals surface area contributed by atoms with Crippen LogP contribution in [0, 0.1) is 0 Å². The van der Waals surface area contributed by atoms with Gasteiger partial charge in [0.05, 0.1) is 11.0 Å². The Balaban J connectivity index is 1.93. The van der Waals surface area contributed by atoms with E-state index >= 15 is 0 Å². The molecule has 0 aromatic carbocycles. The lowest BCUT2D eigenvalue weighted by molar-refractivity contribution is 0.421. The topological polar surface area (TPSA) is 51.2 Å². The summed E-state index contributed by atoms with van der Waals surface area (Å²) in [6, 6.07) is 3.64. The van der Waals surface area contributed by atoms with Crippen molar-refractivity contribution in [2.75, 3.05) is 5.32 Å². The first-order valence-corrected chi connectivity index (χ1v) is 4.51. The second-order valence-electron chi connectivity index (χ2n) is 2.47. The van der Waals surface area contributed by atoms with Gasteiger partial charge in [-0.05, 0) is 22.0 Å². The molecule has 2 heterocycles. The van der Waals surface area contributed by atoms with Crippen LogP contribution in [0.5, 0.6) is 0 Å². The number of anilines is 1. The van der Waals surface area contributed by atoms with Crippen molar-refractivity contribution in [3.05, 3.63) is 34.9 Å². The Morgan fingerprint density at radius 2 is 2.46 bits per heavy atom. The van der Waals surface area contributed by atoms with Crippen molar-refractivity contribution < 1.29 is 8.94 Å². The molecule has 0 saturated carbocycles. The molecule has 0 unspecified atom stereocenters. The number of rotatable bonds is 3. The van der Waals surface area contributed by atoms with Crippen LogP contribution >= 0.6 is 15.9 Å². The van der Waals surface area contributed by atoms with Crippen molar-refractivity contribution >= 4 is 21.7 Å².